The van der Waals surface area contributed by atoms with Crippen molar-refractivity contribution in [2.24, 2.45) is 0 Å². The molecule has 7 heteroatoms. The van der Waals surface area contributed by atoms with E-state index in [9.17, 15) is 4.79 Å². The molecule has 1 amide bonds. The van der Waals surface area contributed by atoms with Crippen LogP contribution < -0.4 is 15.0 Å². The van der Waals surface area contributed by atoms with Gasteiger partial charge in [0, 0.05) is 38.4 Å². The molecule has 0 aromatic heterocycles. The van der Waals surface area contributed by atoms with Crippen molar-refractivity contribution >= 4 is 34.8 Å². The van der Waals surface area contributed by atoms with Crippen LogP contribution in [0.5, 0.6) is 5.75 Å². The van der Waals surface area contributed by atoms with E-state index in [4.69, 9.17) is 27.9 Å². The number of hydrogen-bond donors (Lipinski definition) is 1. The van der Waals surface area contributed by atoms with Gasteiger partial charge in [0.15, 0.2) is 6.10 Å². The molecule has 3 rings (SSSR count). The average Bonchev–Trinajstić information content (AvgIpc) is 2.74. The number of ether oxygens (including phenoxy) is 1. The Morgan fingerprint density at radius 1 is 1.13 bits per heavy atom. The zero-order valence-electron chi connectivity index (χ0n) is 17.5. The quantitative estimate of drug-likeness (QED) is 0.606. The number of piperazine rings is 1. The Morgan fingerprint density at radius 3 is 2.60 bits per heavy atom. The van der Waals surface area contributed by atoms with Crippen molar-refractivity contribution < 1.29 is 9.53 Å². The number of nitrogens with zero attached hydrogens (tertiary/aromatic N) is 2. The van der Waals surface area contributed by atoms with E-state index in [2.05, 4.69) is 46.3 Å². The van der Waals surface area contributed by atoms with Crippen LogP contribution in [0.1, 0.15) is 18.9 Å². The Kier molecular flexibility index (Phi) is 8.25. The molecule has 162 valence electrons. The van der Waals surface area contributed by atoms with E-state index >= 15 is 0 Å². The summed E-state index contributed by atoms with van der Waals surface area (Å²) < 4.78 is 5.65. The maximum atomic E-state index is 12.3. The van der Waals surface area contributed by atoms with Crippen molar-refractivity contribution in [1.29, 1.82) is 0 Å². The second-order valence-electron chi connectivity index (χ2n) is 7.62. The highest BCUT2D eigenvalue weighted by molar-refractivity contribution is 6.42. The first-order valence-electron chi connectivity index (χ1n) is 10.4. The van der Waals surface area contributed by atoms with Gasteiger partial charge < -0.3 is 15.0 Å². The Bertz CT molecular complexity index is 854. The highest BCUT2D eigenvalue weighted by atomic mass is 35.5. The number of carbonyl (C=O) groups excluding carboxylic acids is 1. The number of nitrogens with one attached hydrogen (secondary N) is 1. The molecule has 1 fully saturated rings. The van der Waals surface area contributed by atoms with Gasteiger partial charge >= 0.3 is 0 Å². The fourth-order valence-corrected chi connectivity index (χ4v) is 3.87. The highest BCUT2D eigenvalue weighted by Gasteiger charge is 2.18. The van der Waals surface area contributed by atoms with Gasteiger partial charge in [0.2, 0.25) is 0 Å². The summed E-state index contributed by atoms with van der Waals surface area (Å²) in [4.78, 5) is 17.2. The van der Waals surface area contributed by atoms with Crippen molar-refractivity contribution in [3.05, 3.63) is 58.1 Å². The van der Waals surface area contributed by atoms with E-state index in [1.54, 1.807) is 25.1 Å². The molecule has 2 aromatic carbocycles. The molecule has 2 aromatic rings. The van der Waals surface area contributed by atoms with E-state index in [0.717, 1.165) is 39.1 Å². The normalized spacial score (nSPS) is 15.7. The van der Waals surface area contributed by atoms with Gasteiger partial charge in [0.05, 0.1) is 5.02 Å². The maximum Gasteiger partial charge on any atom is 0.260 e. The summed E-state index contributed by atoms with van der Waals surface area (Å²) in [5.74, 6) is 0.258. The van der Waals surface area contributed by atoms with Crippen LogP contribution in [0.2, 0.25) is 10.0 Å². The molecule has 0 saturated carbocycles. The van der Waals surface area contributed by atoms with Crippen LogP contribution in [0.4, 0.5) is 5.69 Å². The molecule has 0 bridgehead atoms. The average molecular weight is 450 g/mol. The van der Waals surface area contributed by atoms with Crippen LogP contribution in [0, 0.1) is 6.92 Å². The second kappa shape index (κ2) is 10.9. The van der Waals surface area contributed by atoms with Gasteiger partial charge in [-0.1, -0.05) is 41.4 Å². The zero-order valence-corrected chi connectivity index (χ0v) is 19.0. The van der Waals surface area contributed by atoms with E-state index in [1.165, 1.54) is 11.3 Å². The van der Waals surface area contributed by atoms with Gasteiger partial charge in [-0.3, -0.25) is 9.69 Å². The van der Waals surface area contributed by atoms with Crippen LogP contribution in [-0.2, 0) is 4.79 Å². The molecule has 0 spiro atoms. The molecular formula is C23H29Cl2N3O2. The Balaban J connectivity index is 1.34. The van der Waals surface area contributed by atoms with Gasteiger partial charge in [-0.05, 0) is 56.6 Å². The smallest absolute Gasteiger partial charge is 0.260 e. The number of rotatable bonds is 8. The number of aryl methyl sites for hydroxylation is 1. The minimum absolute atomic E-state index is 0.157. The number of anilines is 1. The highest BCUT2D eigenvalue weighted by Crippen LogP contribution is 2.32. The number of halogens is 2. The Morgan fingerprint density at radius 2 is 1.87 bits per heavy atom. The van der Waals surface area contributed by atoms with Gasteiger partial charge in [0.25, 0.3) is 5.91 Å². The van der Waals surface area contributed by atoms with Crippen LogP contribution in [0.3, 0.4) is 0 Å². The van der Waals surface area contributed by atoms with Gasteiger partial charge in [-0.2, -0.15) is 0 Å². The molecule has 1 N–H and O–H groups in total. The molecular weight excluding hydrogens is 421 g/mol. The summed E-state index contributed by atoms with van der Waals surface area (Å²) in [6.07, 6.45) is 0.264. The third kappa shape index (κ3) is 6.27. The van der Waals surface area contributed by atoms with E-state index in [-0.39, 0.29) is 5.91 Å². The van der Waals surface area contributed by atoms with Crippen LogP contribution in [-0.4, -0.2) is 56.2 Å². The van der Waals surface area contributed by atoms with E-state index in [1.807, 2.05) is 0 Å². The topological polar surface area (TPSA) is 44.8 Å². The Hall–Kier alpha value is -1.95. The van der Waals surface area contributed by atoms with Crippen molar-refractivity contribution in [2.75, 3.05) is 44.2 Å². The van der Waals surface area contributed by atoms with Crippen LogP contribution in [0.15, 0.2) is 42.5 Å². The summed E-state index contributed by atoms with van der Waals surface area (Å²) in [6.45, 7) is 9.55. The number of benzene rings is 2. The standard InChI is InChI=1S/C23H29Cl2N3O2/c1-17-6-3-7-19(16-17)28-14-12-27(13-15-28)11-5-10-26-23(29)18(2)30-21-9-4-8-20(24)22(21)25/h3-4,6-9,16,18H,5,10-15H2,1-2H3,(H,26,29). The summed E-state index contributed by atoms with van der Waals surface area (Å²) in [7, 11) is 0. The summed E-state index contributed by atoms with van der Waals surface area (Å²) in [5.41, 5.74) is 2.59. The molecule has 1 saturated heterocycles. The molecule has 0 radical (unpaired) electrons. The predicted molar refractivity (Wildman–Crippen MR) is 124 cm³/mol. The monoisotopic (exact) mass is 449 g/mol. The van der Waals surface area contributed by atoms with Crippen molar-refractivity contribution in [3.8, 4) is 5.75 Å². The molecule has 1 aliphatic rings. The van der Waals surface area contributed by atoms with Crippen LogP contribution in [0.25, 0.3) is 0 Å². The molecule has 30 heavy (non-hydrogen) atoms. The fourth-order valence-electron chi connectivity index (χ4n) is 3.53. The minimum Gasteiger partial charge on any atom is -0.479 e. The van der Waals surface area contributed by atoms with E-state index in [0.29, 0.717) is 22.3 Å². The second-order valence-corrected chi connectivity index (χ2v) is 8.41. The largest absolute Gasteiger partial charge is 0.479 e. The van der Waals surface area contributed by atoms with E-state index < -0.39 is 6.10 Å². The summed E-state index contributed by atoms with van der Waals surface area (Å²) in [6, 6.07) is 13.8. The lowest BCUT2D eigenvalue weighted by atomic mass is 10.2. The van der Waals surface area contributed by atoms with Gasteiger partial charge in [-0.25, -0.2) is 0 Å². The Labute approximate surface area is 188 Å². The lowest BCUT2D eigenvalue weighted by Crippen LogP contribution is -2.47. The molecule has 1 unspecified atom stereocenters. The van der Waals surface area contributed by atoms with Gasteiger partial charge in [-0.15, -0.1) is 0 Å². The van der Waals surface area contributed by atoms with Gasteiger partial charge in [0.1, 0.15) is 10.8 Å². The molecule has 1 atom stereocenters. The van der Waals surface area contributed by atoms with Crippen LogP contribution >= 0.6 is 23.2 Å². The summed E-state index contributed by atoms with van der Waals surface area (Å²) in [5, 5.41) is 3.67. The third-order valence-electron chi connectivity index (χ3n) is 5.28. The predicted octanol–water partition coefficient (Wildman–Crippen LogP) is 4.40. The minimum atomic E-state index is -0.640. The first-order chi connectivity index (χ1) is 14.4. The molecule has 1 heterocycles. The molecule has 5 nitrogen and oxygen atoms in total. The number of amides is 1. The lowest BCUT2D eigenvalue weighted by Gasteiger charge is -2.36. The van der Waals surface area contributed by atoms with Crippen molar-refractivity contribution in [3.63, 3.8) is 0 Å². The lowest BCUT2D eigenvalue weighted by molar-refractivity contribution is -0.127. The molecule has 0 aliphatic carbocycles. The molecule has 1 aliphatic heterocycles. The zero-order chi connectivity index (χ0) is 21.5. The number of hydrogen-bond acceptors (Lipinski definition) is 4. The maximum absolute atomic E-state index is 12.3. The summed E-state index contributed by atoms with van der Waals surface area (Å²) >= 11 is 12.1. The SMILES string of the molecule is Cc1cccc(N2CCN(CCCNC(=O)C(C)Oc3cccc(Cl)c3Cl)CC2)c1. The van der Waals surface area contributed by atoms with Crippen molar-refractivity contribution in [2.45, 2.75) is 26.4 Å². The van der Waals surface area contributed by atoms with Crippen molar-refractivity contribution in [1.82, 2.24) is 10.2 Å². The first kappa shape index (κ1) is 22.7. The fraction of sp³-hybridized carbons (Fsp3) is 0.435. The third-order valence-corrected chi connectivity index (χ3v) is 6.08. The first-order valence-corrected chi connectivity index (χ1v) is 11.1. The number of carbonyl (C=O) groups is 1.